The minimum Gasteiger partial charge on any atom is -0.340 e. The maximum atomic E-state index is 12.4. The maximum Gasteiger partial charge on any atom is 0.244 e. The Morgan fingerprint density at radius 2 is 2.17 bits per heavy atom. The molecule has 2 aromatic heterocycles. The number of fused-ring (bicyclic) bond motifs is 1. The van der Waals surface area contributed by atoms with E-state index in [4.69, 9.17) is 0 Å². The van der Waals surface area contributed by atoms with Gasteiger partial charge >= 0.3 is 0 Å². The van der Waals surface area contributed by atoms with E-state index in [1.54, 1.807) is 11.7 Å². The van der Waals surface area contributed by atoms with Gasteiger partial charge in [-0.1, -0.05) is 0 Å². The van der Waals surface area contributed by atoms with Gasteiger partial charge in [0.15, 0.2) is 9.84 Å². The Morgan fingerprint density at radius 1 is 1.43 bits per heavy atom. The third-order valence-corrected chi connectivity index (χ3v) is 6.13. The molecule has 1 aliphatic rings. The Hall–Kier alpha value is -1.90. The summed E-state index contributed by atoms with van der Waals surface area (Å²) in [6.07, 6.45) is 2.32. The average Bonchev–Trinajstić information content (AvgIpc) is 3.13. The summed E-state index contributed by atoms with van der Waals surface area (Å²) in [4.78, 5) is 13.9. The van der Waals surface area contributed by atoms with Crippen LogP contribution in [0.5, 0.6) is 0 Å². The number of amides is 1. The number of rotatable bonds is 4. The van der Waals surface area contributed by atoms with Crippen LogP contribution in [-0.4, -0.2) is 63.4 Å². The molecule has 0 N–H and O–H groups in total. The first-order valence-corrected chi connectivity index (χ1v) is 9.49. The molecule has 0 saturated carbocycles. The van der Waals surface area contributed by atoms with Crippen LogP contribution in [0.2, 0.25) is 0 Å². The molecule has 0 aromatic carbocycles. The third kappa shape index (κ3) is 2.97. The Morgan fingerprint density at radius 3 is 2.78 bits per heavy atom. The second kappa shape index (κ2) is 5.63. The first kappa shape index (κ1) is 16.0. The molecule has 1 atom stereocenters. The van der Waals surface area contributed by atoms with Crippen molar-refractivity contribution in [3.05, 3.63) is 11.9 Å². The molecule has 0 bridgehead atoms. The number of nitrogens with zero attached hydrogens (tertiary/aromatic N) is 5. The first-order chi connectivity index (χ1) is 10.8. The normalized spacial score (nSPS) is 20.2. The number of hydrogen-bond acceptors (Lipinski definition) is 5. The lowest BCUT2D eigenvalue weighted by Gasteiger charge is -2.23. The summed E-state index contributed by atoms with van der Waals surface area (Å²) in [5, 5.41) is 8.81. The molecule has 126 valence electrons. The lowest BCUT2D eigenvalue weighted by molar-refractivity contribution is -0.132. The van der Waals surface area contributed by atoms with Gasteiger partial charge in [0.05, 0.1) is 23.4 Å². The fraction of sp³-hybridized carbons (Fsp3) is 0.643. The molecule has 0 spiro atoms. The van der Waals surface area contributed by atoms with Crippen molar-refractivity contribution in [3.8, 4) is 0 Å². The van der Waals surface area contributed by atoms with Crippen LogP contribution >= 0.6 is 0 Å². The zero-order chi connectivity index (χ0) is 16.8. The smallest absolute Gasteiger partial charge is 0.244 e. The van der Waals surface area contributed by atoms with Crippen LogP contribution in [0, 0.1) is 6.92 Å². The number of aromatic nitrogens is 4. The number of carbonyl (C=O) groups excluding carboxylic acids is 1. The lowest BCUT2D eigenvalue weighted by atomic mass is 10.2. The van der Waals surface area contributed by atoms with Crippen LogP contribution in [0.15, 0.2) is 6.20 Å². The van der Waals surface area contributed by atoms with Gasteiger partial charge in [-0.15, -0.1) is 0 Å². The highest BCUT2D eigenvalue weighted by Crippen LogP contribution is 2.18. The largest absolute Gasteiger partial charge is 0.340 e. The van der Waals surface area contributed by atoms with E-state index < -0.39 is 9.84 Å². The average molecular weight is 339 g/mol. The molecule has 0 aliphatic carbocycles. The van der Waals surface area contributed by atoms with E-state index in [2.05, 4.69) is 10.2 Å². The fourth-order valence-electron chi connectivity index (χ4n) is 3.00. The van der Waals surface area contributed by atoms with E-state index in [9.17, 15) is 13.2 Å². The fourth-order valence-corrected chi connectivity index (χ4v) is 4.77. The van der Waals surface area contributed by atoms with Crippen molar-refractivity contribution in [1.82, 2.24) is 24.5 Å². The van der Waals surface area contributed by atoms with Gasteiger partial charge in [0.2, 0.25) is 5.91 Å². The van der Waals surface area contributed by atoms with Crippen molar-refractivity contribution >= 4 is 26.8 Å². The Balaban J connectivity index is 1.75. The zero-order valence-electron chi connectivity index (χ0n) is 13.6. The zero-order valence-corrected chi connectivity index (χ0v) is 14.4. The molecule has 3 heterocycles. The third-order valence-electron chi connectivity index (χ3n) is 4.38. The van der Waals surface area contributed by atoms with Crippen molar-refractivity contribution in [3.63, 3.8) is 0 Å². The number of likely N-dealkylation sites (N-methyl/N-ethyl adjacent to an activating group) is 1. The Bertz CT molecular complexity index is 851. The molecule has 1 aliphatic heterocycles. The number of hydrogen-bond donors (Lipinski definition) is 0. The van der Waals surface area contributed by atoms with Crippen LogP contribution in [0.25, 0.3) is 11.0 Å². The molecule has 1 saturated heterocycles. The number of aryl methyl sites for hydroxylation is 2. The first-order valence-electron chi connectivity index (χ1n) is 7.67. The highest BCUT2D eigenvalue weighted by molar-refractivity contribution is 7.91. The standard InChI is InChI=1S/C14H21N5O3S/c1-4-19-12-7-18(16-14(12)10(2)15-19)8-13(20)17(3)11-5-6-23(21,22)9-11/h7,11H,4-6,8-9H2,1-3H3. The maximum absolute atomic E-state index is 12.4. The SMILES string of the molecule is CCn1nc(C)c2nn(CC(=O)N(C)C3CCS(=O)(=O)C3)cc21. The van der Waals surface area contributed by atoms with Gasteiger partial charge in [-0.2, -0.15) is 10.2 Å². The van der Waals surface area contributed by atoms with Gasteiger partial charge in [0, 0.05) is 19.6 Å². The Labute approximate surface area is 135 Å². The highest BCUT2D eigenvalue weighted by Gasteiger charge is 2.32. The van der Waals surface area contributed by atoms with Crippen LogP contribution in [0.4, 0.5) is 0 Å². The molecule has 23 heavy (non-hydrogen) atoms. The molecule has 1 fully saturated rings. The van der Waals surface area contributed by atoms with E-state index in [0.29, 0.717) is 6.42 Å². The van der Waals surface area contributed by atoms with Gasteiger partial charge in [0.1, 0.15) is 17.6 Å². The van der Waals surface area contributed by atoms with E-state index in [1.807, 2.05) is 24.7 Å². The van der Waals surface area contributed by atoms with E-state index in [1.165, 1.54) is 4.90 Å². The quantitative estimate of drug-likeness (QED) is 0.794. The minimum absolute atomic E-state index is 0.0558. The minimum atomic E-state index is -3.00. The summed E-state index contributed by atoms with van der Waals surface area (Å²) >= 11 is 0. The predicted molar refractivity (Wildman–Crippen MR) is 85.8 cm³/mol. The Kier molecular flexibility index (Phi) is 3.91. The number of carbonyl (C=O) groups is 1. The lowest BCUT2D eigenvalue weighted by Crippen LogP contribution is -2.39. The second-order valence-corrected chi connectivity index (χ2v) is 8.25. The molecular formula is C14H21N5O3S. The summed E-state index contributed by atoms with van der Waals surface area (Å²) in [6, 6.07) is -0.231. The van der Waals surface area contributed by atoms with E-state index >= 15 is 0 Å². The molecule has 1 unspecified atom stereocenters. The monoisotopic (exact) mass is 339 g/mol. The van der Waals surface area contributed by atoms with E-state index in [0.717, 1.165) is 23.3 Å². The second-order valence-electron chi connectivity index (χ2n) is 6.02. The molecule has 3 rings (SSSR count). The summed E-state index contributed by atoms with van der Waals surface area (Å²) < 4.78 is 26.6. The van der Waals surface area contributed by atoms with Gasteiger partial charge < -0.3 is 4.90 Å². The van der Waals surface area contributed by atoms with Crippen molar-refractivity contribution in [2.45, 2.75) is 39.4 Å². The molecule has 8 nitrogen and oxygen atoms in total. The molecule has 2 aromatic rings. The summed E-state index contributed by atoms with van der Waals surface area (Å²) in [5.41, 5.74) is 2.54. The van der Waals surface area contributed by atoms with Crippen molar-refractivity contribution in [1.29, 1.82) is 0 Å². The van der Waals surface area contributed by atoms with Crippen molar-refractivity contribution in [2.75, 3.05) is 18.6 Å². The molecule has 1 amide bonds. The molecule has 0 radical (unpaired) electrons. The van der Waals surface area contributed by atoms with Crippen molar-refractivity contribution < 1.29 is 13.2 Å². The summed E-state index contributed by atoms with van der Waals surface area (Å²) in [7, 11) is -1.34. The molecule has 9 heteroatoms. The predicted octanol–water partition coefficient (Wildman–Crippen LogP) is 0.207. The van der Waals surface area contributed by atoms with Crippen LogP contribution in [0.3, 0.4) is 0 Å². The van der Waals surface area contributed by atoms with Crippen LogP contribution in [0.1, 0.15) is 19.0 Å². The van der Waals surface area contributed by atoms with Gasteiger partial charge in [-0.05, 0) is 20.3 Å². The van der Waals surface area contributed by atoms with Gasteiger partial charge in [-0.25, -0.2) is 8.42 Å². The van der Waals surface area contributed by atoms with Crippen molar-refractivity contribution in [2.24, 2.45) is 0 Å². The topological polar surface area (TPSA) is 90.1 Å². The van der Waals surface area contributed by atoms with Gasteiger partial charge in [-0.3, -0.25) is 14.2 Å². The van der Waals surface area contributed by atoms with Crippen LogP contribution < -0.4 is 0 Å². The van der Waals surface area contributed by atoms with Crippen LogP contribution in [-0.2, 0) is 27.7 Å². The van der Waals surface area contributed by atoms with Gasteiger partial charge in [0.25, 0.3) is 0 Å². The summed E-state index contributed by atoms with van der Waals surface area (Å²) in [6.45, 7) is 4.74. The highest BCUT2D eigenvalue weighted by atomic mass is 32.2. The molecular weight excluding hydrogens is 318 g/mol. The number of sulfone groups is 1. The van der Waals surface area contributed by atoms with E-state index in [-0.39, 0.29) is 30.0 Å². The summed E-state index contributed by atoms with van der Waals surface area (Å²) in [5.74, 6) is 0.0816.